The lowest BCUT2D eigenvalue weighted by atomic mass is 10.3. The summed E-state index contributed by atoms with van der Waals surface area (Å²) in [5.74, 6) is 0. The minimum Gasteiger partial charge on any atom is -0.390 e. The highest BCUT2D eigenvalue weighted by Crippen LogP contribution is 2.07. The molecule has 0 radical (unpaired) electrons. The topological polar surface area (TPSA) is 79.6 Å². The van der Waals surface area contributed by atoms with Crippen molar-refractivity contribution in [3.63, 3.8) is 0 Å². The van der Waals surface area contributed by atoms with E-state index in [2.05, 4.69) is 17.3 Å². The first-order valence-electron chi connectivity index (χ1n) is 7.24. The first kappa shape index (κ1) is 17.6. The number of nitrogens with one attached hydrogen (secondary N) is 1. The number of hydrogen-bond donors (Lipinski definition) is 2. The normalized spacial score (nSPS) is 12.4. The molecule has 1 rings (SSSR count). The van der Waals surface area contributed by atoms with Crippen LogP contribution in [0.5, 0.6) is 0 Å². The van der Waals surface area contributed by atoms with Gasteiger partial charge in [0.05, 0.1) is 31.1 Å². The largest absolute Gasteiger partial charge is 0.390 e. The van der Waals surface area contributed by atoms with E-state index >= 15 is 0 Å². The van der Waals surface area contributed by atoms with Gasteiger partial charge in [0.1, 0.15) is 0 Å². The summed E-state index contributed by atoms with van der Waals surface area (Å²) in [5, 5.41) is 17.0. The van der Waals surface area contributed by atoms with Crippen molar-refractivity contribution in [2.45, 2.75) is 26.0 Å². The summed E-state index contributed by atoms with van der Waals surface area (Å²) < 4.78 is 6.18. The van der Waals surface area contributed by atoms with Gasteiger partial charge in [-0.05, 0) is 6.42 Å². The molecule has 0 fully saturated rings. The lowest BCUT2D eigenvalue weighted by Gasteiger charge is -2.18. The molecule has 0 aliphatic carbocycles. The van der Waals surface area contributed by atoms with Crippen LogP contribution in [0.15, 0.2) is 17.1 Å². The van der Waals surface area contributed by atoms with E-state index < -0.39 is 6.10 Å². The molecule has 1 aromatic rings. The highest BCUT2D eigenvalue weighted by Gasteiger charge is 2.09. The summed E-state index contributed by atoms with van der Waals surface area (Å²) in [7, 11) is 3.55. The fourth-order valence-corrected chi connectivity index (χ4v) is 1.94. The maximum Gasteiger partial charge on any atom is 0.268 e. The molecule has 1 heterocycles. The second-order valence-corrected chi connectivity index (χ2v) is 5.01. The van der Waals surface area contributed by atoms with Crippen molar-refractivity contribution >= 4 is 5.69 Å². The Morgan fingerprint density at radius 2 is 2.33 bits per heavy atom. The third-order valence-electron chi connectivity index (χ3n) is 3.10. The molecule has 0 aliphatic heterocycles. The van der Waals surface area contributed by atoms with Crippen molar-refractivity contribution in [2.75, 3.05) is 45.3 Å². The number of aliphatic hydroxyl groups is 1. The Morgan fingerprint density at radius 3 is 2.95 bits per heavy atom. The van der Waals surface area contributed by atoms with E-state index in [1.165, 1.54) is 4.68 Å². The third-order valence-corrected chi connectivity index (χ3v) is 3.10. The average Bonchev–Trinajstić information content (AvgIpc) is 2.46. The smallest absolute Gasteiger partial charge is 0.268 e. The summed E-state index contributed by atoms with van der Waals surface area (Å²) in [6, 6.07) is 1.55. The van der Waals surface area contributed by atoms with Crippen LogP contribution in [-0.4, -0.2) is 61.4 Å². The van der Waals surface area contributed by atoms with E-state index in [4.69, 9.17) is 4.74 Å². The molecule has 120 valence electrons. The Bertz CT molecular complexity index is 464. The van der Waals surface area contributed by atoms with Crippen LogP contribution in [0.2, 0.25) is 0 Å². The SMILES string of the molecule is CCCN(C)c1cnn(CC(O)CNCCOC)c(=O)c1. The second-order valence-electron chi connectivity index (χ2n) is 5.01. The summed E-state index contributed by atoms with van der Waals surface area (Å²) in [6.07, 6.45) is 2.00. The quantitative estimate of drug-likeness (QED) is 0.577. The van der Waals surface area contributed by atoms with Gasteiger partial charge < -0.3 is 20.1 Å². The molecular weight excluding hydrogens is 272 g/mol. The van der Waals surface area contributed by atoms with E-state index in [-0.39, 0.29) is 12.1 Å². The molecule has 1 unspecified atom stereocenters. The molecule has 7 nitrogen and oxygen atoms in total. The molecule has 0 aliphatic rings. The number of hydrogen-bond acceptors (Lipinski definition) is 6. The van der Waals surface area contributed by atoms with Crippen molar-refractivity contribution in [3.8, 4) is 0 Å². The number of rotatable bonds is 10. The summed E-state index contributed by atoms with van der Waals surface area (Å²) in [4.78, 5) is 14.0. The number of methoxy groups -OCH3 is 1. The Hall–Kier alpha value is -1.44. The number of aromatic nitrogens is 2. The van der Waals surface area contributed by atoms with Gasteiger partial charge >= 0.3 is 0 Å². The van der Waals surface area contributed by atoms with Gasteiger partial charge in [0.15, 0.2) is 0 Å². The molecule has 0 bridgehead atoms. The zero-order chi connectivity index (χ0) is 15.7. The maximum absolute atomic E-state index is 12.0. The molecule has 0 spiro atoms. The summed E-state index contributed by atoms with van der Waals surface area (Å²) in [6.45, 7) is 4.78. The lowest BCUT2D eigenvalue weighted by molar-refractivity contribution is 0.138. The van der Waals surface area contributed by atoms with Crippen LogP contribution in [0.3, 0.4) is 0 Å². The van der Waals surface area contributed by atoms with Gasteiger partial charge in [0, 0.05) is 39.9 Å². The second kappa shape index (κ2) is 9.49. The predicted octanol–water partition coefficient (Wildman–Crippen LogP) is -0.314. The molecule has 0 saturated carbocycles. The van der Waals surface area contributed by atoms with Gasteiger partial charge in [0.2, 0.25) is 0 Å². The number of aliphatic hydroxyl groups excluding tert-OH is 1. The first-order valence-corrected chi connectivity index (χ1v) is 7.24. The van der Waals surface area contributed by atoms with E-state index in [9.17, 15) is 9.90 Å². The van der Waals surface area contributed by atoms with Crippen LogP contribution >= 0.6 is 0 Å². The van der Waals surface area contributed by atoms with E-state index in [0.717, 1.165) is 18.7 Å². The van der Waals surface area contributed by atoms with Crippen LogP contribution in [0.4, 0.5) is 5.69 Å². The highest BCUT2D eigenvalue weighted by molar-refractivity contribution is 5.41. The lowest BCUT2D eigenvalue weighted by Crippen LogP contribution is -2.36. The van der Waals surface area contributed by atoms with Crippen molar-refractivity contribution < 1.29 is 9.84 Å². The maximum atomic E-state index is 12.0. The summed E-state index contributed by atoms with van der Waals surface area (Å²) >= 11 is 0. The molecule has 21 heavy (non-hydrogen) atoms. The standard InChI is InChI=1S/C14H26N4O3/c1-4-6-17(2)12-8-14(20)18(16-9-12)11-13(19)10-15-5-7-21-3/h8-9,13,15,19H,4-7,10-11H2,1-3H3. The fourth-order valence-electron chi connectivity index (χ4n) is 1.94. The number of nitrogens with zero attached hydrogens (tertiary/aromatic N) is 3. The van der Waals surface area contributed by atoms with Crippen LogP contribution in [0.1, 0.15) is 13.3 Å². The van der Waals surface area contributed by atoms with Crippen LogP contribution in [0, 0.1) is 0 Å². The van der Waals surface area contributed by atoms with Crippen molar-refractivity contribution in [2.24, 2.45) is 0 Å². The van der Waals surface area contributed by atoms with Crippen LogP contribution in [-0.2, 0) is 11.3 Å². The number of ether oxygens (including phenoxy) is 1. The van der Waals surface area contributed by atoms with Gasteiger partial charge in [-0.2, -0.15) is 5.10 Å². The van der Waals surface area contributed by atoms with Crippen molar-refractivity contribution in [1.29, 1.82) is 0 Å². The van der Waals surface area contributed by atoms with Gasteiger partial charge in [-0.25, -0.2) is 4.68 Å². The van der Waals surface area contributed by atoms with E-state index in [0.29, 0.717) is 19.7 Å². The highest BCUT2D eigenvalue weighted by atomic mass is 16.5. The Morgan fingerprint density at radius 1 is 1.57 bits per heavy atom. The van der Waals surface area contributed by atoms with Gasteiger partial charge in [-0.3, -0.25) is 4.79 Å². The van der Waals surface area contributed by atoms with Crippen LogP contribution in [0.25, 0.3) is 0 Å². The molecule has 0 saturated heterocycles. The zero-order valence-electron chi connectivity index (χ0n) is 13.1. The minimum atomic E-state index is -0.661. The molecule has 0 amide bonds. The predicted molar refractivity (Wildman–Crippen MR) is 82.8 cm³/mol. The Balaban J connectivity index is 2.54. The van der Waals surface area contributed by atoms with Gasteiger partial charge in [-0.1, -0.05) is 6.92 Å². The Kier molecular flexibility index (Phi) is 7.96. The van der Waals surface area contributed by atoms with Crippen molar-refractivity contribution in [1.82, 2.24) is 15.1 Å². The first-order chi connectivity index (χ1) is 10.1. The van der Waals surface area contributed by atoms with Crippen LogP contribution < -0.4 is 15.8 Å². The number of anilines is 1. The minimum absolute atomic E-state index is 0.177. The van der Waals surface area contributed by atoms with Gasteiger partial charge in [0.25, 0.3) is 5.56 Å². The summed E-state index contributed by atoms with van der Waals surface area (Å²) in [5.41, 5.74) is 0.595. The van der Waals surface area contributed by atoms with E-state index in [1.54, 1.807) is 19.4 Å². The molecule has 2 N–H and O–H groups in total. The molecule has 0 aromatic carbocycles. The van der Waals surface area contributed by atoms with E-state index in [1.807, 2.05) is 11.9 Å². The molecule has 7 heteroatoms. The molecule has 1 atom stereocenters. The van der Waals surface area contributed by atoms with Gasteiger partial charge in [-0.15, -0.1) is 0 Å². The molecular formula is C14H26N4O3. The monoisotopic (exact) mass is 298 g/mol. The molecule has 1 aromatic heterocycles. The fraction of sp³-hybridized carbons (Fsp3) is 0.714. The average molecular weight is 298 g/mol. The zero-order valence-corrected chi connectivity index (χ0v) is 13.1. The Labute approximate surface area is 125 Å². The third kappa shape index (κ3) is 6.24. The van der Waals surface area contributed by atoms with Crippen molar-refractivity contribution in [3.05, 3.63) is 22.6 Å².